The van der Waals surface area contributed by atoms with Gasteiger partial charge in [0.05, 0.1) is 12.9 Å². The van der Waals surface area contributed by atoms with Crippen LogP contribution in [-0.2, 0) is 6.54 Å². The Balaban J connectivity index is 2.02. The normalized spacial score (nSPS) is 10.8. The van der Waals surface area contributed by atoms with E-state index in [0.29, 0.717) is 17.8 Å². The number of nitrogens with zero attached hydrogens (tertiary/aromatic N) is 3. The molecule has 0 saturated carbocycles. The molecule has 0 amide bonds. The minimum Gasteiger partial charge on any atom is -0.369 e. The van der Waals surface area contributed by atoms with E-state index in [1.54, 1.807) is 23.0 Å². The van der Waals surface area contributed by atoms with Crippen LogP contribution in [-0.4, -0.2) is 25.8 Å². The number of nitrogens with one attached hydrogen (secondary N) is 1. The van der Waals surface area contributed by atoms with E-state index in [-0.39, 0.29) is 17.0 Å². The molecule has 0 unspecified atom stereocenters. The molecule has 0 saturated heterocycles. The van der Waals surface area contributed by atoms with Gasteiger partial charge in [-0.05, 0) is 5.56 Å². The Kier molecular flexibility index (Phi) is 2.79. The van der Waals surface area contributed by atoms with E-state index < -0.39 is 0 Å². The quantitative estimate of drug-likeness (QED) is 0.676. The first-order valence-electron chi connectivity index (χ1n) is 5.92. The molecule has 0 aliphatic rings. The van der Waals surface area contributed by atoms with Gasteiger partial charge in [0.25, 0.3) is 5.56 Å². The van der Waals surface area contributed by atoms with Crippen molar-refractivity contribution < 1.29 is 4.79 Å². The zero-order valence-electron chi connectivity index (χ0n) is 10.4. The van der Waals surface area contributed by atoms with Gasteiger partial charge in [0.2, 0.25) is 5.95 Å². The van der Waals surface area contributed by atoms with Crippen LogP contribution in [0, 0.1) is 0 Å². The van der Waals surface area contributed by atoms with E-state index in [9.17, 15) is 9.59 Å². The topological polar surface area (TPSA) is 107 Å². The Morgan fingerprint density at radius 2 is 2.05 bits per heavy atom. The van der Waals surface area contributed by atoms with Crippen molar-refractivity contribution in [1.82, 2.24) is 19.5 Å². The molecule has 7 nitrogen and oxygen atoms in total. The van der Waals surface area contributed by atoms with Crippen LogP contribution in [0.15, 0.2) is 35.4 Å². The number of hydrogen-bond acceptors (Lipinski definition) is 5. The number of nitrogen functional groups attached to an aromatic ring is 1. The number of rotatable bonds is 3. The second kappa shape index (κ2) is 4.61. The number of aldehydes is 1. The molecule has 2 aromatic heterocycles. The molecular weight excluding hydrogens is 258 g/mol. The molecule has 100 valence electrons. The summed E-state index contributed by atoms with van der Waals surface area (Å²) in [5.74, 6) is 0.0561. The molecule has 3 N–H and O–H groups in total. The zero-order valence-corrected chi connectivity index (χ0v) is 10.4. The smallest absolute Gasteiger partial charge is 0.280 e. The van der Waals surface area contributed by atoms with Crippen molar-refractivity contribution in [2.45, 2.75) is 6.54 Å². The Labute approximate surface area is 113 Å². The summed E-state index contributed by atoms with van der Waals surface area (Å²) < 4.78 is 1.73. The van der Waals surface area contributed by atoms with E-state index in [1.807, 2.05) is 12.1 Å². The highest BCUT2D eigenvalue weighted by Crippen LogP contribution is 2.10. The second-order valence-electron chi connectivity index (χ2n) is 4.36. The molecule has 0 radical (unpaired) electrons. The lowest BCUT2D eigenvalue weighted by Crippen LogP contribution is -2.12. The van der Waals surface area contributed by atoms with E-state index in [1.165, 1.54) is 0 Å². The number of aromatic amines is 1. The minimum atomic E-state index is -0.359. The number of nitrogens with two attached hydrogens (primary N) is 1. The van der Waals surface area contributed by atoms with Gasteiger partial charge < -0.3 is 10.3 Å². The van der Waals surface area contributed by atoms with Gasteiger partial charge in [-0.3, -0.25) is 14.6 Å². The first-order chi connectivity index (χ1) is 9.67. The predicted octanol–water partition coefficient (Wildman–Crippen LogP) is 0.563. The van der Waals surface area contributed by atoms with Crippen molar-refractivity contribution >= 4 is 23.4 Å². The van der Waals surface area contributed by atoms with Crippen molar-refractivity contribution in [3.05, 3.63) is 52.1 Å². The largest absolute Gasteiger partial charge is 0.369 e. The Hall–Kier alpha value is -2.96. The van der Waals surface area contributed by atoms with Crippen LogP contribution in [0.2, 0.25) is 0 Å². The summed E-state index contributed by atoms with van der Waals surface area (Å²) in [5.41, 5.74) is 7.45. The highest BCUT2D eigenvalue weighted by atomic mass is 16.1. The van der Waals surface area contributed by atoms with Gasteiger partial charge in [-0.2, -0.15) is 4.98 Å². The van der Waals surface area contributed by atoms with Crippen molar-refractivity contribution in [3.63, 3.8) is 0 Å². The van der Waals surface area contributed by atoms with Crippen molar-refractivity contribution in [2.75, 3.05) is 5.73 Å². The van der Waals surface area contributed by atoms with Crippen molar-refractivity contribution in [2.24, 2.45) is 0 Å². The maximum atomic E-state index is 11.7. The van der Waals surface area contributed by atoms with Crippen LogP contribution in [0.1, 0.15) is 15.9 Å². The van der Waals surface area contributed by atoms with E-state index in [4.69, 9.17) is 5.73 Å². The average molecular weight is 269 g/mol. The van der Waals surface area contributed by atoms with Crippen LogP contribution < -0.4 is 11.3 Å². The Bertz CT molecular complexity index is 832. The molecule has 2 heterocycles. The summed E-state index contributed by atoms with van der Waals surface area (Å²) in [6, 6.07) is 7.14. The molecule has 0 aliphatic carbocycles. The molecule has 0 aliphatic heterocycles. The van der Waals surface area contributed by atoms with E-state index in [2.05, 4.69) is 15.0 Å². The van der Waals surface area contributed by atoms with Gasteiger partial charge in [0.1, 0.15) is 6.29 Å². The summed E-state index contributed by atoms with van der Waals surface area (Å²) in [4.78, 5) is 32.8. The lowest BCUT2D eigenvalue weighted by Gasteiger charge is -2.04. The molecule has 0 spiro atoms. The maximum absolute atomic E-state index is 11.7. The lowest BCUT2D eigenvalue weighted by molar-refractivity contribution is 0.112. The van der Waals surface area contributed by atoms with Crippen molar-refractivity contribution in [1.29, 1.82) is 0 Å². The van der Waals surface area contributed by atoms with Gasteiger partial charge in [0, 0.05) is 5.56 Å². The average Bonchev–Trinajstić information content (AvgIpc) is 2.83. The molecule has 7 heteroatoms. The minimum absolute atomic E-state index is 0.0561. The van der Waals surface area contributed by atoms with Crippen molar-refractivity contribution in [3.8, 4) is 0 Å². The monoisotopic (exact) mass is 269 g/mol. The number of aromatic nitrogens is 4. The van der Waals surface area contributed by atoms with Gasteiger partial charge in [-0.15, -0.1) is 0 Å². The van der Waals surface area contributed by atoms with Crippen LogP contribution in [0.4, 0.5) is 5.95 Å². The van der Waals surface area contributed by atoms with Gasteiger partial charge in [0.15, 0.2) is 11.2 Å². The predicted molar refractivity (Wildman–Crippen MR) is 73.5 cm³/mol. The molecule has 3 aromatic rings. The fourth-order valence-corrected chi connectivity index (χ4v) is 1.98. The molecule has 1 aromatic carbocycles. The first kappa shape index (κ1) is 12.1. The third-order valence-electron chi connectivity index (χ3n) is 2.96. The highest BCUT2D eigenvalue weighted by Gasteiger charge is 2.09. The fraction of sp³-hybridized carbons (Fsp3) is 0.0769. The fourth-order valence-electron chi connectivity index (χ4n) is 1.98. The Morgan fingerprint density at radius 1 is 1.30 bits per heavy atom. The van der Waals surface area contributed by atoms with Crippen LogP contribution in [0.25, 0.3) is 11.2 Å². The van der Waals surface area contributed by atoms with Crippen LogP contribution >= 0.6 is 0 Å². The Morgan fingerprint density at radius 3 is 2.75 bits per heavy atom. The summed E-state index contributed by atoms with van der Waals surface area (Å²) in [6.45, 7) is 0.492. The third-order valence-corrected chi connectivity index (χ3v) is 2.96. The molecule has 20 heavy (non-hydrogen) atoms. The SMILES string of the molecule is Nc1nc2c(ncn2Cc2ccc(C=O)cc2)c(=O)[nH]1. The van der Waals surface area contributed by atoms with E-state index >= 15 is 0 Å². The molecule has 0 fully saturated rings. The van der Waals surface area contributed by atoms with Crippen LogP contribution in [0.3, 0.4) is 0 Å². The standard InChI is InChI=1S/C13H11N5O2/c14-13-16-11-10(12(20)17-13)15-7-18(11)5-8-1-3-9(6-19)4-2-8/h1-4,6-7H,5H2,(H3,14,16,17,20). The lowest BCUT2D eigenvalue weighted by atomic mass is 10.1. The molecular formula is C13H11N5O2. The number of imidazole rings is 1. The number of hydrogen-bond donors (Lipinski definition) is 2. The second-order valence-corrected chi connectivity index (χ2v) is 4.36. The highest BCUT2D eigenvalue weighted by molar-refractivity contribution is 5.74. The van der Waals surface area contributed by atoms with Gasteiger partial charge >= 0.3 is 0 Å². The number of benzene rings is 1. The maximum Gasteiger partial charge on any atom is 0.280 e. The third kappa shape index (κ3) is 2.05. The van der Waals surface area contributed by atoms with Gasteiger partial charge in [-0.1, -0.05) is 24.3 Å². The molecule has 0 atom stereocenters. The number of carbonyl (C=O) groups excluding carboxylic acids is 1. The summed E-state index contributed by atoms with van der Waals surface area (Å²) >= 11 is 0. The number of H-pyrrole nitrogens is 1. The van der Waals surface area contributed by atoms with E-state index in [0.717, 1.165) is 11.8 Å². The zero-order chi connectivity index (χ0) is 14.1. The summed E-state index contributed by atoms with van der Waals surface area (Å²) in [5, 5.41) is 0. The summed E-state index contributed by atoms with van der Waals surface area (Å²) in [6.07, 6.45) is 2.33. The van der Waals surface area contributed by atoms with Crippen LogP contribution in [0.5, 0.6) is 0 Å². The number of fused-ring (bicyclic) bond motifs is 1. The van der Waals surface area contributed by atoms with Gasteiger partial charge in [-0.25, -0.2) is 4.98 Å². The summed E-state index contributed by atoms with van der Waals surface area (Å²) in [7, 11) is 0. The first-order valence-corrected chi connectivity index (χ1v) is 5.92. The molecule has 3 rings (SSSR count). The number of anilines is 1. The number of carbonyl (C=O) groups is 1. The molecule has 0 bridgehead atoms.